The van der Waals surface area contributed by atoms with Crippen molar-refractivity contribution in [2.24, 2.45) is 5.92 Å². The van der Waals surface area contributed by atoms with E-state index in [1.54, 1.807) is 0 Å². The van der Waals surface area contributed by atoms with Gasteiger partial charge < -0.3 is 10.4 Å². The quantitative estimate of drug-likeness (QED) is 0.667. The smallest absolute Gasteiger partial charge is 0.237 e. The highest BCUT2D eigenvalue weighted by Crippen LogP contribution is 2.25. The third-order valence-corrected chi connectivity index (χ3v) is 3.69. The standard InChI is InChI=1S/C13H22N6OS/c1-8(2)6-9-15-10(20-18-9)7-21-12-17-16-11(19(12)14)13(3,4)5/h8H,6-7,14H2,1-5H3. The van der Waals surface area contributed by atoms with Crippen molar-refractivity contribution in [2.75, 3.05) is 5.84 Å². The second-order valence-electron chi connectivity index (χ2n) is 6.42. The van der Waals surface area contributed by atoms with E-state index in [2.05, 4.69) is 34.2 Å². The van der Waals surface area contributed by atoms with Gasteiger partial charge in [-0.25, -0.2) is 4.68 Å². The van der Waals surface area contributed by atoms with E-state index in [1.807, 2.05) is 20.8 Å². The van der Waals surface area contributed by atoms with Gasteiger partial charge in [-0.1, -0.05) is 51.5 Å². The van der Waals surface area contributed by atoms with Gasteiger partial charge >= 0.3 is 0 Å². The van der Waals surface area contributed by atoms with E-state index in [1.165, 1.54) is 16.4 Å². The first-order valence-electron chi connectivity index (χ1n) is 6.92. The first-order valence-corrected chi connectivity index (χ1v) is 7.91. The third-order valence-electron chi connectivity index (χ3n) is 2.76. The van der Waals surface area contributed by atoms with Crippen molar-refractivity contribution in [3.8, 4) is 0 Å². The molecule has 2 aromatic rings. The SMILES string of the molecule is CC(C)Cc1noc(CSc2nnc(C(C)(C)C)n2N)n1. The van der Waals surface area contributed by atoms with Crippen LogP contribution in [0, 0.1) is 5.92 Å². The molecule has 8 heteroatoms. The zero-order chi connectivity index (χ0) is 15.6. The molecule has 2 aromatic heterocycles. The van der Waals surface area contributed by atoms with E-state index in [4.69, 9.17) is 10.4 Å². The van der Waals surface area contributed by atoms with Crippen molar-refractivity contribution < 1.29 is 4.52 Å². The molecule has 2 heterocycles. The van der Waals surface area contributed by atoms with Gasteiger partial charge in [0, 0.05) is 11.8 Å². The Bertz CT molecular complexity index is 598. The predicted molar refractivity (Wildman–Crippen MR) is 81.3 cm³/mol. The highest BCUT2D eigenvalue weighted by atomic mass is 32.2. The van der Waals surface area contributed by atoms with Crippen molar-refractivity contribution in [2.45, 2.75) is 57.4 Å². The van der Waals surface area contributed by atoms with E-state index >= 15 is 0 Å². The summed E-state index contributed by atoms with van der Waals surface area (Å²) in [4.78, 5) is 4.35. The molecule has 0 fully saturated rings. The maximum absolute atomic E-state index is 6.03. The second kappa shape index (κ2) is 6.05. The average molecular weight is 310 g/mol. The molecule has 0 aliphatic heterocycles. The lowest BCUT2D eigenvalue weighted by Crippen LogP contribution is -2.24. The highest BCUT2D eigenvalue weighted by Gasteiger charge is 2.23. The first kappa shape index (κ1) is 15.8. The number of thioether (sulfide) groups is 1. The van der Waals surface area contributed by atoms with Crippen LogP contribution < -0.4 is 5.84 Å². The highest BCUT2D eigenvalue weighted by molar-refractivity contribution is 7.98. The van der Waals surface area contributed by atoms with Crippen molar-refractivity contribution in [1.82, 2.24) is 25.0 Å². The molecule has 0 aromatic carbocycles. The average Bonchev–Trinajstić information content (AvgIpc) is 2.92. The molecule has 0 atom stereocenters. The Morgan fingerprint density at radius 2 is 2.00 bits per heavy atom. The first-order chi connectivity index (χ1) is 9.77. The van der Waals surface area contributed by atoms with Crippen molar-refractivity contribution in [1.29, 1.82) is 0 Å². The van der Waals surface area contributed by atoms with Crippen LogP contribution in [0.5, 0.6) is 0 Å². The van der Waals surface area contributed by atoms with Crippen LogP contribution >= 0.6 is 11.8 Å². The Hall–Kier alpha value is -1.57. The molecule has 0 amide bonds. The summed E-state index contributed by atoms with van der Waals surface area (Å²) in [5, 5.41) is 12.9. The minimum absolute atomic E-state index is 0.143. The fraction of sp³-hybridized carbons (Fsp3) is 0.692. The summed E-state index contributed by atoms with van der Waals surface area (Å²) in [6.07, 6.45) is 0.815. The molecule has 7 nitrogen and oxygen atoms in total. The number of nitrogen functional groups attached to an aromatic ring is 1. The molecule has 21 heavy (non-hydrogen) atoms. The van der Waals surface area contributed by atoms with Crippen molar-refractivity contribution in [3.05, 3.63) is 17.5 Å². The monoisotopic (exact) mass is 310 g/mol. The van der Waals surface area contributed by atoms with Crippen LogP contribution in [-0.2, 0) is 17.6 Å². The largest absolute Gasteiger partial charge is 0.338 e. The van der Waals surface area contributed by atoms with Gasteiger partial charge in [-0.3, -0.25) is 0 Å². The summed E-state index contributed by atoms with van der Waals surface area (Å²) in [6.45, 7) is 10.4. The summed E-state index contributed by atoms with van der Waals surface area (Å²) in [5.41, 5.74) is -0.143. The molecule has 0 aliphatic rings. The molecule has 116 valence electrons. The lowest BCUT2D eigenvalue weighted by atomic mass is 9.96. The van der Waals surface area contributed by atoms with Crippen LogP contribution in [0.1, 0.15) is 52.2 Å². The minimum Gasteiger partial charge on any atom is -0.338 e. The fourth-order valence-electron chi connectivity index (χ4n) is 1.81. The summed E-state index contributed by atoms with van der Waals surface area (Å²) >= 11 is 1.44. The molecule has 0 radical (unpaired) electrons. The lowest BCUT2D eigenvalue weighted by Gasteiger charge is -2.16. The third kappa shape index (κ3) is 3.96. The Kier molecular flexibility index (Phi) is 4.55. The molecular formula is C13H22N6OS. The number of nitrogens with zero attached hydrogens (tertiary/aromatic N) is 5. The van der Waals surface area contributed by atoms with E-state index in [0.29, 0.717) is 22.7 Å². The molecule has 0 saturated heterocycles. The molecule has 0 spiro atoms. The molecule has 0 aliphatic carbocycles. The second-order valence-corrected chi connectivity index (χ2v) is 7.36. The molecule has 2 rings (SSSR count). The van der Waals surface area contributed by atoms with Gasteiger partial charge in [0.05, 0.1) is 5.75 Å². The van der Waals surface area contributed by atoms with E-state index in [0.717, 1.165) is 18.1 Å². The van der Waals surface area contributed by atoms with Gasteiger partial charge in [-0.15, -0.1) is 10.2 Å². The minimum atomic E-state index is -0.143. The number of nitrogens with two attached hydrogens (primary N) is 1. The zero-order valence-electron chi connectivity index (χ0n) is 13.1. The predicted octanol–water partition coefficient (Wildman–Crippen LogP) is 2.16. The van der Waals surface area contributed by atoms with Gasteiger partial charge in [-0.2, -0.15) is 4.98 Å². The molecule has 0 saturated carbocycles. The van der Waals surface area contributed by atoms with E-state index in [-0.39, 0.29) is 5.41 Å². The topological polar surface area (TPSA) is 95.7 Å². The zero-order valence-corrected chi connectivity index (χ0v) is 13.9. The van der Waals surface area contributed by atoms with Crippen LogP contribution in [0.3, 0.4) is 0 Å². The molecule has 0 unspecified atom stereocenters. The van der Waals surface area contributed by atoms with Crippen molar-refractivity contribution in [3.63, 3.8) is 0 Å². The Morgan fingerprint density at radius 1 is 1.29 bits per heavy atom. The van der Waals surface area contributed by atoms with E-state index < -0.39 is 0 Å². The Balaban J connectivity index is 2.00. The van der Waals surface area contributed by atoms with Crippen LogP contribution in [0.25, 0.3) is 0 Å². The van der Waals surface area contributed by atoms with Crippen molar-refractivity contribution >= 4 is 11.8 Å². The van der Waals surface area contributed by atoms with Gasteiger partial charge in [0.2, 0.25) is 11.0 Å². The number of hydrogen-bond donors (Lipinski definition) is 1. The van der Waals surface area contributed by atoms with Gasteiger partial charge in [-0.05, 0) is 5.92 Å². The number of hydrogen-bond acceptors (Lipinski definition) is 7. The summed E-state index contributed by atoms with van der Waals surface area (Å²) in [5.74, 6) is 9.13. The summed E-state index contributed by atoms with van der Waals surface area (Å²) in [6, 6.07) is 0. The number of rotatable bonds is 5. The Morgan fingerprint density at radius 3 is 2.57 bits per heavy atom. The van der Waals surface area contributed by atoms with E-state index in [9.17, 15) is 0 Å². The van der Waals surface area contributed by atoms with Gasteiger partial charge in [0.1, 0.15) is 0 Å². The molecule has 2 N–H and O–H groups in total. The van der Waals surface area contributed by atoms with Crippen LogP contribution in [-0.4, -0.2) is 25.0 Å². The Labute approximate surface area is 128 Å². The van der Waals surface area contributed by atoms with Crippen LogP contribution in [0.15, 0.2) is 9.68 Å². The summed E-state index contributed by atoms with van der Waals surface area (Å²) in [7, 11) is 0. The molecular weight excluding hydrogens is 288 g/mol. The maximum Gasteiger partial charge on any atom is 0.237 e. The molecule has 0 bridgehead atoms. The van der Waals surface area contributed by atoms with Gasteiger partial charge in [0.15, 0.2) is 11.6 Å². The summed E-state index contributed by atoms with van der Waals surface area (Å²) < 4.78 is 6.74. The normalized spacial score (nSPS) is 12.3. The van der Waals surface area contributed by atoms with Crippen LogP contribution in [0.4, 0.5) is 0 Å². The van der Waals surface area contributed by atoms with Gasteiger partial charge in [0.25, 0.3) is 0 Å². The van der Waals surface area contributed by atoms with Crippen LogP contribution in [0.2, 0.25) is 0 Å². The number of aromatic nitrogens is 5. The maximum atomic E-state index is 6.03. The fourth-order valence-corrected chi connectivity index (χ4v) is 2.50. The lowest BCUT2D eigenvalue weighted by molar-refractivity contribution is 0.382.